The molecule has 26 heavy (non-hydrogen) atoms. The van der Waals surface area contributed by atoms with Gasteiger partial charge >= 0.3 is 0 Å². The molecule has 0 bridgehead atoms. The van der Waals surface area contributed by atoms with Crippen molar-refractivity contribution in [3.8, 4) is 5.75 Å². The molecule has 3 aromatic rings. The molecule has 2 aromatic carbocycles. The van der Waals surface area contributed by atoms with Gasteiger partial charge in [-0.15, -0.1) is 5.10 Å². The molecule has 1 aromatic heterocycles. The monoisotopic (exact) mass is 428 g/mol. The van der Waals surface area contributed by atoms with Crippen molar-refractivity contribution in [1.29, 1.82) is 0 Å². The molecule has 0 fully saturated rings. The van der Waals surface area contributed by atoms with E-state index in [1.54, 1.807) is 42.5 Å². The highest BCUT2D eigenvalue weighted by Gasteiger charge is 2.13. The van der Waals surface area contributed by atoms with Crippen LogP contribution < -0.4 is 4.74 Å². The van der Waals surface area contributed by atoms with Crippen LogP contribution in [-0.2, 0) is 13.2 Å². The van der Waals surface area contributed by atoms with Gasteiger partial charge in [-0.25, -0.2) is 4.68 Å². The summed E-state index contributed by atoms with van der Waals surface area (Å²) in [5, 5.41) is 5.59. The Morgan fingerprint density at radius 1 is 1.12 bits per heavy atom. The average Bonchev–Trinajstić information content (AvgIpc) is 2.94. The highest BCUT2D eigenvalue weighted by atomic mass is 35.5. The molecule has 0 spiro atoms. The summed E-state index contributed by atoms with van der Waals surface area (Å²) < 4.78 is 12.2. The van der Waals surface area contributed by atoms with Gasteiger partial charge in [0.1, 0.15) is 12.3 Å². The zero-order valence-corrected chi connectivity index (χ0v) is 16.2. The number of Topliss-reactive ketones (excluding diaryl/α,β-unsaturated/α-hetero) is 1. The summed E-state index contributed by atoms with van der Waals surface area (Å²) >= 11 is 22.8. The number of carbonyl (C=O) groups excluding carboxylic acids is 1. The van der Waals surface area contributed by atoms with Gasteiger partial charge in [0, 0.05) is 15.6 Å². The predicted molar refractivity (Wildman–Crippen MR) is 102 cm³/mol. The molecule has 0 saturated carbocycles. The van der Waals surface area contributed by atoms with Crippen molar-refractivity contribution in [1.82, 2.24) is 9.78 Å². The lowest BCUT2D eigenvalue weighted by Crippen LogP contribution is -2.12. The van der Waals surface area contributed by atoms with Gasteiger partial charge in [0.25, 0.3) is 10.7 Å². The summed E-state index contributed by atoms with van der Waals surface area (Å²) in [5.74, 6) is 0.494. The SMILES string of the molecule is O=C(Cn1nc(COc2ccc(Cl)cc2Cl)oc1=S)c1ccc(Cl)cc1. The first kappa shape index (κ1) is 18.9. The van der Waals surface area contributed by atoms with Gasteiger partial charge in [0.2, 0.25) is 0 Å². The largest absolute Gasteiger partial charge is 0.482 e. The second kappa shape index (κ2) is 8.22. The third-order valence-electron chi connectivity index (χ3n) is 3.35. The standard InChI is InChI=1S/C17H11Cl3N2O3S/c18-11-3-1-10(2-4-11)14(23)8-22-17(26)25-16(21-22)9-24-15-6-5-12(19)7-13(15)20/h1-7H,8-9H2. The van der Waals surface area contributed by atoms with Crippen molar-refractivity contribution < 1.29 is 13.9 Å². The van der Waals surface area contributed by atoms with Gasteiger partial charge in [-0.3, -0.25) is 4.79 Å². The topological polar surface area (TPSA) is 57.3 Å². The van der Waals surface area contributed by atoms with E-state index in [-0.39, 0.29) is 29.7 Å². The van der Waals surface area contributed by atoms with Crippen molar-refractivity contribution in [2.75, 3.05) is 0 Å². The van der Waals surface area contributed by atoms with Crippen LogP contribution >= 0.6 is 47.0 Å². The fourth-order valence-electron chi connectivity index (χ4n) is 2.10. The maximum absolute atomic E-state index is 12.3. The average molecular weight is 430 g/mol. The molecule has 5 nitrogen and oxygen atoms in total. The van der Waals surface area contributed by atoms with Crippen LogP contribution in [0.15, 0.2) is 46.9 Å². The van der Waals surface area contributed by atoms with E-state index in [1.807, 2.05) is 0 Å². The molecular formula is C17H11Cl3N2O3S. The van der Waals surface area contributed by atoms with Crippen LogP contribution in [0.3, 0.4) is 0 Å². The molecule has 0 unspecified atom stereocenters. The molecule has 0 amide bonds. The predicted octanol–water partition coefficient (Wildman–Crippen LogP) is 5.63. The lowest BCUT2D eigenvalue weighted by Gasteiger charge is -2.05. The zero-order valence-electron chi connectivity index (χ0n) is 13.1. The Kier molecular flexibility index (Phi) is 5.98. The summed E-state index contributed by atoms with van der Waals surface area (Å²) in [7, 11) is 0. The molecule has 0 aliphatic rings. The van der Waals surface area contributed by atoms with E-state index in [0.717, 1.165) is 0 Å². The quantitative estimate of drug-likeness (QED) is 0.375. The number of carbonyl (C=O) groups is 1. The number of benzene rings is 2. The van der Waals surface area contributed by atoms with E-state index < -0.39 is 0 Å². The first-order chi connectivity index (χ1) is 12.4. The Bertz CT molecular complexity index is 999. The van der Waals surface area contributed by atoms with Crippen molar-refractivity contribution in [2.24, 2.45) is 0 Å². The smallest absolute Gasteiger partial charge is 0.287 e. The fraction of sp³-hybridized carbons (Fsp3) is 0.118. The minimum atomic E-state index is -0.167. The number of ether oxygens (including phenoxy) is 1. The maximum atomic E-state index is 12.3. The van der Waals surface area contributed by atoms with Gasteiger partial charge in [-0.2, -0.15) is 0 Å². The molecule has 1 heterocycles. The summed E-state index contributed by atoms with van der Waals surface area (Å²) in [5.41, 5.74) is 0.505. The molecule has 9 heteroatoms. The molecule has 0 aliphatic carbocycles. The van der Waals surface area contributed by atoms with Crippen LogP contribution in [-0.4, -0.2) is 15.6 Å². The number of aromatic nitrogens is 2. The molecule has 0 radical (unpaired) electrons. The van der Waals surface area contributed by atoms with E-state index in [4.69, 9.17) is 56.2 Å². The van der Waals surface area contributed by atoms with Crippen LogP contribution in [0.4, 0.5) is 0 Å². The Hall–Kier alpha value is -1.86. The van der Waals surface area contributed by atoms with E-state index in [9.17, 15) is 4.79 Å². The number of halogens is 3. The second-order valence-corrected chi connectivity index (χ2v) is 6.84. The van der Waals surface area contributed by atoms with Crippen molar-refractivity contribution in [2.45, 2.75) is 13.2 Å². The first-order valence-electron chi connectivity index (χ1n) is 7.36. The lowest BCUT2D eigenvalue weighted by molar-refractivity contribution is 0.0966. The second-order valence-electron chi connectivity index (χ2n) is 5.21. The molecule has 3 rings (SSSR count). The van der Waals surface area contributed by atoms with Crippen LogP contribution in [0.1, 0.15) is 16.2 Å². The van der Waals surface area contributed by atoms with Gasteiger partial charge < -0.3 is 9.15 Å². The third-order valence-corrected chi connectivity index (χ3v) is 4.43. The van der Waals surface area contributed by atoms with E-state index in [2.05, 4.69) is 5.10 Å². The number of rotatable bonds is 6. The van der Waals surface area contributed by atoms with E-state index in [1.165, 1.54) is 4.68 Å². The Labute approximate surface area is 169 Å². The minimum absolute atomic E-state index is 0.00707. The highest BCUT2D eigenvalue weighted by molar-refractivity contribution is 7.71. The summed E-state index contributed by atoms with van der Waals surface area (Å²) in [6.45, 7) is -0.0429. The van der Waals surface area contributed by atoms with Crippen LogP contribution in [0.5, 0.6) is 5.75 Å². The van der Waals surface area contributed by atoms with Crippen molar-refractivity contribution in [3.63, 3.8) is 0 Å². The summed E-state index contributed by atoms with van der Waals surface area (Å²) in [4.78, 5) is 12.4. The van der Waals surface area contributed by atoms with E-state index in [0.29, 0.717) is 26.4 Å². The van der Waals surface area contributed by atoms with Crippen LogP contribution in [0.25, 0.3) is 0 Å². The number of ketones is 1. The third kappa shape index (κ3) is 4.65. The number of hydrogen-bond acceptors (Lipinski definition) is 5. The summed E-state index contributed by atoms with van der Waals surface area (Å²) in [6, 6.07) is 11.4. The Morgan fingerprint density at radius 3 is 2.50 bits per heavy atom. The molecule has 0 N–H and O–H groups in total. The van der Waals surface area contributed by atoms with Gasteiger partial charge in [0.05, 0.1) is 5.02 Å². The van der Waals surface area contributed by atoms with Crippen LogP contribution in [0.2, 0.25) is 15.1 Å². The van der Waals surface area contributed by atoms with Crippen LogP contribution in [0, 0.1) is 4.84 Å². The lowest BCUT2D eigenvalue weighted by atomic mass is 10.1. The van der Waals surface area contributed by atoms with Gasteiger partial charge in [0.15, 0.2) is 12.4 Å². The maximum Gasteiger partial charge on any atom is 0.287 e. The Balaban J connectivity index is 1.68. The molecule has 0 aliphatic heterocycles. The molecule has 134 valence electrons. The van der Waals surface area contributed by atoms with Crippen molar-refractivity contribution >= 4 is 52.8 Å². The molecule has 0 saturated heterocycles. The van der Waals surface area contributed by atoms with Gasteiger partial charge in [-0.05, 0) is 54.7 Å². The first-order valence-corrected chi connectivity index (χ1v) is 8.90. The number of hydrogen-bond donors (Lipinski definition) is 0. The zero-order chi connectivity index (χ0) is 18.7. The number of nitrogens with zero attached hydrogens (tertiary/aromatic N) is 2. The fourth-order valence-corrected chi connectivity index (χ4v) is 2.89. The molecular weight excluding hydrogens is 419 g/mol. The van der Waals surface area contributed by atoms with Gasteiger partial charge in [-0.1, -0.05) is 34.8 Å². The van der Waals surface area contributed by atoms with Crippen molar-refractivity contribution in [3.05, 3.63) is 73.8 Å². The molecule has 0 atom stereocenters. The minimum Gasteiger partial charge on any atom is -0.482 e. The van der Waals surface area contributed by atoms with E-state index >= 15 is 0 Å². The highest BCUT2D eigenvalue weighted by Crippen LogP contribution is 2.28. The normalized spacial score (nSPS) is 10.7. The summed E-state index contributed by atoms with van der Waals surface area (Å²) in [6.07, 6.45) is 0. The Morgan fingerprint density at radius 2 is 1.81 bits per heavy atom.